The molecule has 3 fully saturated rings. The van der Waals surface area contributed by atoms with Crippen molar-refractivity contribution in [3.8, 4) is 0 Å². The molecule has 0 aliphatic heterocycles. The van der Waals surface area contributed by atoms with Gasteiger partial charge in [-0.25, -0.2) is 0 Å². The topological polar surface area (TPSA) is 55.1 Å². The second-order valence-electron chi connectivity index (χ2n) is 7.16. The minimum atomic E-state index is 0.171. The lowest BCUT2D eigenvalue weighted by Crippen LogP contribution is -2.53. The van der Waals surface area contributed by atoms with Crippen molar-refractivity contribution in [3.63, 3.8) is 0 Å². The van der Waals surface area contributed by atoms with E-state index in [0.29, 0.717) is 29.8 Å². The Bertz CT molecular complexity index is 523. The molecule has 0 aromatic carbocycles. The first-order chi connectivity index (χ1) is 10.2. The van der Waals surface area contributed by atoms with E-state index in [4.69, 9.17) is 5.73 Å². The highest BCUT2D eigenvalue weighted by atomic mass is 32.1. The maximum absolute atomic E-state index is 12.7. The molecular weight excluding hydrogens is 280 g/mol. The number of rotatable bonds is 3. The third-order valence-electron chi connectivity index (χ3n) is 5.59. The Kier molecular flexibility index (Phi) is 3.54. The molecule has 0 saturated heterocycles. The van der Waals surface area contributed by atoms with Crippen LogP contribution in [0, 0.1) is 11.8 Å². The first kappa shape index (κ1) is 13.8. The molecule has 0 radical (unpaired) electrons. The van der Waals surface area contributed by atoms with Gasteiger partial charge in [0.05, 0.1) is 4.88 Å². The maximum atomic E-state index is 12.7. The van der Waals surface area contributed by atoms with Gasteiger partial charge in [-0.3, -0.25) is 4.79 Å². The number of nitrogens with one attached hydrogen (secondary N) is 1. The lowest BCUT2D eigenvalue weighted by molar-refractivity contribution is 0.0759. The summed E-state index contributed by atoms with van der Waals surface area (Å²) >= 11 is 1.61. The van der Waals surface area contributed by atoms with Crippen LogP contribution in [0.4, 0.5) is 0 Å². The second kappa shape index (κ2) is 5.40. The molecule has 3 saturated carbocycles. The van der Waals surface area contributed by atoms with Gasteiger partial charge in [-0.15, -0.1) is 11.3 Å². The van der Waals surface area contributed by atoms with Gasteiger partial charge < -0.3 is 11.1 Å². The van der Waals surface area contributed by atoms with Crippen molar-refractivity contribution in [3.05, 3.63) is 21.9 Å². The molecule has 4 heteroatoms. The van der Waals surface area contributed by atoms with Gasteiger partial charge in [0.15, 0.2) is 0 Å². The molecule has 114 valence electrons. The van der Waals surface area contributed by atoms with Crippen molar-refractivity contribution >= 4 is 17.2 Å². The highest BCUT2D eigenvalue weighted by molar-refractivity contribution is 7.12. The zero-order valence-corrected chi connectivity index (χ0v) is 13.2. The number of thiophene rings is 1. The van der Waals surface area contributed by atoms with E-state index >= 15 is 0 Å². The van der Waals surface area contributed by atoms with Crippen molar-refractivity contribution in [1.29, 1.82) is 0 Å². The predicted molar refractivity (Wildman–Crippen MR) is 85.6 cm³/mol. The largest absolute Gasteiger partial charge is 0.348 e. The molecule has 4 rings (SSSR count). The molecular formula is C17H24N2OS. The van der Waals surface area contributed by atoms with Gasteiger partial charge in [-0.1, -0.05) is 6.42 Å². The van der Waals surface area contributed by atoms with Gasteiger partial charge in [0, 0.05) is 12.1 Å². The van der Waals surface area contributed by atoms with Crippen LogP contribution in [0.2, 0.25) is 0 Å². The number of hydrogen-bond acceptors (Lipinski definition) is 3. The number of carbonyl (C=O) groups is 1. The average molecular weight is 304 g/mol. The van der Waals surface area contributed by atoms with Crippen molar-refractivity contribution in [2.75, 3.05) is 0 Å². The Morgan fingerprint density at radius 3 is 2.57 bits per heavy atom. The third-order valence-corrected chi connectivity index (χ3v) is 6.52. The molecule has 3 aliphatic carbocycles. The molecule has 2 atom stereocenters. The average Bonchev–Trinajstić information content (AvgIpc) is 3.17. The summed E-state index contributed by atoms with van der Waals surface area (Å²) < 4.78 is 0. The first-order valence-electron chi connectivity index (χ1n) is 8.36. The summed E-state index contributed by atoms with van der Waals surface area (Å²) in [6.45, 7) is 0. The molecule has 2 unspecified atom stereocenters. The molecule has 0 spiro atoms. The summed E-state index contributed by atoms with van der Waals surface area (Å²) in [6, 6.07) is 2.85. The quantitative estimate of drug-likeness (QED) is 0.900. The zero-order chi connectivity index (χ0) is 14.4. The van der Waals surface area contributed by atoms with Gasteiger partial charge in [0.2, 0.25) is 0 Å². The molecule has 1 heterocycles. The Hall–Kier alpha value is -0.870. The SMILES string of the molecule is NC1CC2CCCC(C1)C2NC(=O)c1sccc1C1CC1. The first-order valence-corrected chi connectivity index (χ1v) is 9.24. The molecule has 1 aromatic heterocycles. The summed E-state index contributed by atoms with van der Waals surface area (Å²) in [7, 11) is 0. The minimum Gasteiger partial charge on any atom is -0.348 e. The fraction of sp³-hybridized carbons (Fsp3) is 0.706. The zero-order valence-electron chi connectivity index (χ0n) is 12.4. The Labute approximate surface area is 130 Å². The van der Waals surface area contributed by atoms with Gasteiger partial charge in [0.25, 0.3) is 5.91 Å². The van der Waals surface area contributed by atoms with E-state index in [0.717, 1.165) is 17.7 Å². The van der Waals surface area contributed by atoms with E-state index < -0.39 is 0 Å². The highest BCUT2D eigenvalue weighted by Gasteiger charge is 2.40. The summed E-state index contributed by atoms with van der Waals surface area (Å²) in [5.74, 6) is 2.02. The van der Waals surface area contributed by atoms with E-state index in [-0.39, 0.29) is 5.91 Å². The number of amides is 1. The number of nitrogens with two attached hydrogens (primary N) is 1. The smallest absolute Gasteiger partial charge is 0.261 e. The minimum absolute atomic E-state index is 0.171. The van der Waals surface area contributed by atoms with Crippen LogP contribution in [0.3, 0.4) is 0 Å². The fourth-order valence-corrected chi connectivity index (χ4v) is 5.35. The van der Waals surface area contributed by atoms with E-state index in [1.807, 2.05) is 0 Å². The molecule has 3 nitrogen and oxygen atoms in total. The molecule has 21 heavy (non-hydrogen) atoms. The van der Waals surface area contributed by atoms with E-state index in [9.17, 15) is 4.79 Å². The van der Waals surface area contributed by atoms with Crippen LogP contribution in [0.15, 0.2) is 11.4 Å². The van der Waals surface area contributed by atoms with E-state index in [1.165, 1.54) is 37.7 Å². The summed E-state index contributed by atoms with van der Waals surface area (Å²) in [4.78, 5) is 13.7. The van der Waals surface area contributed by atoms with Crippen molar-refractivity contribution in [2.24, 2.45) is 17.6 Å². The van der Waals surface area contributed by atoms with Gasteiger partial charge >= 0.3 is 0 Å². The van der Waals surface area contributed by atoms with Gasteiger partial charge in [-0.05, 0) is 73.3 Å². The van der Waals surface area contributed by atoms with E-state index in [2.05, 4.69) is 16.8 Å². The third kappa shape index (κ3) is 2.64. The normalized spacial score (nSPS) is 35.5. The molecule has 3 N–H and O–H groups in total. The Morgan fingerprint density at radius 1 is 1.19 bits per heavy atom. The van der Waals surface area contributed by atoms with Gasteiger partial charge in [0.1, 0.15) is 0 Å². The van der Waals surface area contributed by atoms with Crippen molar-refractivity contribution < 1.29 is 4.79 Å². The lowest BCUT2D eigenvalue weighted by atomic mass is 9.67. The summed E-state index contributed by atoms with van der Waals surface area (Å²) in [6.07, 6.45) is 8.44. The number of fused-ring (bicyclic) bond motifs is 2. The Morgan fingerprint density at radius 2 is 1.90 bits per heavy atom. The summed E-state index contributed by atoms with van der Waals surface area (Å²) in [5, 5.41) is 5.45. The molecule has 1 aromatic rings. The van der Waals surface area contributed by atoms with Crippen molar-refractivity contribution in [1.82, 2.24) is 5.32 Å². The van der Waals surface area contributed by atoms with Crippen LogP contribution in [0.1, 0.15) is 66.1 Å². The lowest BCUT2D eigenvalue weighted by Gasteiger charge is -2.45. The molecule has 1 amide bonds. The van der Waals surface area contributed by atoms with Gasteiger partial charge in [-0.2, -0.15) is 0 Å². The molecule has 3 aliphatic rings. The van der Waals surface area contributed by atoms with Crippen molar-refractivity contribution in [2.45, 2.75) is 62.9 Å². The van der Waals surface area contributed by atoms with E-state index in [1.54, 1.807) is 11.3 Å². The second-order valence-corrected chi connectivity index (χ2v) is 8.08. The van der Waals surface area contributed by atoms with Crippen LogP contribution in [0.5, 0.6) is 0 Å². The highest BCUT2D eigenvalue weighted by Crippen LogP contribution is 2.44. The number of carbonyl (C=O) groups excluding carboxylic acids is 1. The Balaban J connectivity index is 1.50. The summed E-state index contributed by atoms with van der Waals surface area (Å²) in [5.41, 5.74) is 7.46. The fourth-order valence-electron chi connectivity index (χ4n) is 4.46. The van der Waals surface area contributed by atoms with Crippen LogP contribution in [-0.2, 0) is 0 Å². The van der Waals surface area contributed by atoms with Crippen LogP contribution in [-0.4, -0.2) is 18.0 Å². The van der Waals surface area contributed by atoms with Crippen LogP contribution < -0.4 is 11.1 Å². The van der Waals surface area contributed by atoms with Crippen LogP contribution in [0.25, 0.3) is 0 Å². The standard InChI is InChI=1S/C17H24N2OS/c18-13-8-11-2-1-3-12(9-13)15(11)19-17(20)16-14(6-7-21-16)10-4-5-10/h6-7,10-13,15H,1-5,8-9,18H2,(H,19,20). The molecule has 2 bridgehead atoms. The monoisotopic (exact) mass is 304 g/mol. The predicted octanol–water partition coefficient (Wildman–Crippen LogP) is 3.26. The number of hydrogen-bond donors (Lipinski definition) is 2. The maximum Gasteiger partial charge on any atom is 0.261 e. The van der Waals surface area contributed by atoms with Crippen LogP contribution >= 0.6 is 11.3 Å².